The lowest BCUT2D eigenvalue weighted by Crippen LogP contribution is -2.34. The molecule has 1 aromatic heterocycles. The van der Waals surface area contributed by atoms with E-state index in [4.69, 9.17) is 28.2 Å². The highest BCUT2D eigenvalue weighted by Crippen LogP contribution is 2.23. The molecule has 8 heteroatoms. The van der Waals surface area contributed by atoms with Gasteiger partial charge in [-0.05, 0) is 79.3 Å². The second-order valence-corrected chi connectivity index (χ2v) is 7.89. The van der Waals surface area contributed by atoms with Gasteiger partial charge in [0.05, 0.1) is 0 Å². The molecule has 4 rings (SSSR count). The maximum absolute atomic E-state index is 12.6. The van der Waals surface area contributed by atoms with E-state index in [9.17, 15) is 9.59 Å². The molecule has 0 bridgehead atoms. The standard InChI is InChI=1S/C24H18ClN3O3S/c1-14-12-18(26-24(32)28-22(29)15-6-8-17(25)9-7-15)10-11-19(14)27-23(30)21-13-16-4-2-3-5-20(16)31-21/h2-13H,1H3,(H,27,30)(H2,26,28,29,32). The van der Waals surface area contributed by atoms with E-state index in [0.29, 0.717) is 27.5 Å². The second kappa shape index (κ2) is 9.21. The molecule has 1 heterocycles. The summed E-state index contributed by atoms with van der Waals surface area (Å²) in [5, 5.41) is 10.0. The Balaban J connectivity index is 1.39. The van der Waals surface area contributed by atoms with E-state index < -0.39 is 0 Å². The van der Waals surface area contributed by atoms with Gasteiger partial charge in [-0.15, -0.1) is 0 Å². The maximum Gasteiger partial charge on any atom is 0.291 e. The lowest BCUT2D eigenvalue weighted by molar-refractivity contribution is 0.0975. The Bertz CT molecular complexity index is 1300. The molecular formula is C24H18ClN3O3S. The SMILES string of the molecule is Cc1cc(NC(=S)NC(=O)c2ccc(Cl)cc2)ccc1NC(=O)c1cc2ccccc2o1. The number of halogens is 1. The van der Waals surface area contributed by atoms with E-state index in [-0.39, 0.29) is 22.7 Å². The van der Waals surface area contributed by atoms with Crippen molar-refractivity contribution >= 4 is 63.1 Å². The van der Waals surface area contributed by atoms with E-state index >= 15 is 0 Å². The van der Waals surface area contributed by atoms with Crippen LogP contribution in [-0.4, -0.2) is 16.9 Å². The maximum atomic E-state index is 12.6. The van der Waals surface area contributed by atoms with Crippen molar-refractivity contribution in [3.05, 3.63) is 94.7 Å². The number of amides is 2. The summed E-state index contributed by atoms with van der Waals surface area (Å²) >= 11 is 11.1. The first-order chi connectivity index (χ1) is 15.4. The number of para-hydroxylation sites is 1. The average Bonchev–Trinajstić information content (AvgIpc) is 3.20. The third-order valence-electron chi connectivity index (χ3n) is 4.72. The van der Waals surface area contributed by atoms with Gasteiger partial charge >= 0.3 is 0 Å². The number of carbonyl (C=O) groups is 2. The molecule has 2 amide bonds. The van der Waals surface area contributed by atoms with Gasteiger partial charge in [-0.3, -0.25) is 14.9 Å². The molecule has 0 saturated carbocycles. The van der Waals surface area contributed by atoms with Crippen LogP contribution in [0.4, 0.5) is 11.4 Å². The summed E-state index contributed by atoms with van der Waals surface area (Å²) in [5.41, 5.74) is 3.22. The van der Waals surface area contributed by atoms with Crippen LogP contribution in [0.15, 0.2) is 77.2 Å². The summed E-state index contributed by atoms with van der Waals surface area (Å²) in [6, 6.07) is 21.0. The Morgan fingerprint density at radius 3 is 2.38 bits per heavy atom. The molecule has 4 aromatic rings. The topological polar surface area (TPSA) is 83.4 Å². The van der Waals surface area contributed by atoms with Crippen molar-refractivity contribution in [2.75, 3.05) is 10.6 Å². The first kappa shape index (κ1) is 21.5. The fraction of sp³-hybridized carbons (Fsp3) is 0.0417. The first-order valence-electron chi connectivity index (χ1n) is 9.67. The van der Waals surface area contributed by atoms with E-state index in [0.717, 1.165) is 10.9 Å². The first-order valence-corrected chi connectivity index (χ1v) is 10.5. The lowest BCUT2D eigenvalue weighted by Gasteiger charge is -2.12. The third-order valence-corrected chi connectivity index (χ3v) is 5.17. The fourth-order valence-electron chi connectivity index (χ4n) is 3.10. The molecule has 0 atom stereocenters. The van der Waals surface area contributed by atoms with Crippen LogP contribution in [0.5, 0.6) is 0 Å². The summed E-state index contributed by atoms with van der Waals surface area (Å²) in [4.78, 5) is 24.8. The number of fused-ring (bicyclic) bond motifs is 1. The molecule has 6 nitrogen and oxygen atoms in total. The van der Waals surface area contributed by atoms with Crippen LogP contribution in [0, 0.1) is 6.92 Å². The largest absolute Gasteiger partial charge is 0.451 e. The van der Waals surface area contributed by atoms with Crippen molar-refractivity contribution in [2.45, 2.75) is 6.92 Å². The minimum absolute atomic E-state index is 0.156. The Kier molecular flexibility index (Phi) is 6.20. The quantitative estimate of drug-likeness (QED) is 0.334. The number of thiocarbonyl (C=S) groups is 1. The van der Waals surface area contributed by atoms with Gasteiger partial charge in [0, 0.05) is 27.3 Å². The minimum Gasteiger partial charge on any atom is -0.451 e. The van der Waals surface area contributed by atoms with Gasteiger partial charge in [0.15, 0.2) is 10.9 Å². The summed E-state index contributed by atoms with van der Waals surface area (Å²) in [6.45, 7) is 1.86. The van der Waals surface area contributed by atoms with Gasteiger partial charge in [0.1, 0.15) is 5.58 Å². The molecule has 0 aliphatic heterocycles. The van der Waals surface area contributed by atoms with Crippen molar-refractivity contribution in [2.24, 2.45) is 0 Å². The number of hydrogen-bond acceptors (Lipinski definition) is 4. The molecule has 0 fully saturated rings. The number of nitrogens with one attached hydrogen (secondary N) is 3. The normalized spacial score (nSPS) is 10.6. The average molecular weight is 464 g/mol. The molecule has 0 aliphatic rings. The van der Waals surface area contributed by atoms with E-state index in [1.807, 2.05) is 37.3 Å². The molecule has 160 valence electrons. The van der Waals surface area contributed by atoms with Gasteiger partial charge in [-0.2, -0.15) is 0 Å². The van der Waals surface area contributed by atoms with Crippen LogP contribution >= 0.6 is 23.8 Å². The van der Waals surface area contributed by atoms with Crippen molar-refractivity contribution < 1.29 is 14.0 Å². The fourth-order valence-corrected chi connectivity index (χ4v) is 3.43. The molecule has 0 radical (unpaired) electrons. The van der Waals surface area contributed by atoms with Crippen molar-refractivity contribution in [3.63, 3.8) is 0 Å². The zero-order valence-electron chi connectivity index (χ0n) is 16.9. The van der Waals surface area contributed by atoms with Gasteiger partial charge in [0.25, 0.3) is 11.8 Å². The highest BCUT2D eigenvalue weighted by molar-refractivity contribution is 7.80. The predicted molar refractivity (Wildman–Crippen MR) is 130 cm³/mol. The highest BCUT2D eigenvalue weighted by Gasteiger charge is 2.14. The smallest absolute Gasteiger partial charge is 0.291 e. The van der Waals surface area contributed by atoms with Gasteiger partial charge in [-0.25, -0.2) is 0 Å². The number of furan rings is 1. The molecule has 0 saturated heterocycles. The zero-order chi connectivity index (χ0) is 22.7. The van der Waals surface area contributed by atoms with E-state index in [1.54, 1.807) is 42.5 Å². The van der Waals surface area contributed by atoms with Gasteiger partial charge in [0.2, 0.25) is 0 Å². The molecule has 0 unspecified atom stereocenters. The molecule has 3 N–H and O–H groups in total. The molecule has 32 heavy (non-hydrogen) atoms. The number of benzene rings is 3. The zero-order valence-corrected chi connectivity index (χ0v) is 18.5. The monoisotopic (exact) mass is 463 g/mol. The van der Waals surface area contributed by atoms with Crippen LogP contribution in [-0.2, 0) is 0 Å². The van der Waals surface area contributed by atoms with Crippen LogP contribution in [0.3, 0.4) is 0 Å². The summed E-state index contributed by atoms with van der Waals surface area (Å²) in [7, 11) is 0. The Morgan fingerprint density at radius 2 is 1.66 bits per heavy atom. The summed E-state index contributed by atoms with van der Waals surface area (Å²) < 4.78 is 5.61. The molecular weight excluding hydrogens is 446 g/mol. The third kappa shape index (κ3) is 4.96. The van der Waals surface area contributed by atoms with Crippen LogP contribution < -0.4 is 16.0 Å². The van der Waals surface area contributed by atoms with Crippen molar-refractivity contribution in [1.29, 1.82) is 0 Å². The van der Waals surface area contributed by atoms with Crippen molar-refractivity contribution in [3.8, 4) is 0 Å². The van der Waals surface area contributed by atoms with Gasteiger partial charge in [-0.1, -0.05) is 29.8 Å². The predicted octanol–water partition coefficient (Wildman–Crippen LogP) is 5.77. The van der Waals surface area contributed by atoms with Crippen LogP contribution in [0.25, 0.3) is 11.0 Å². The second-order valence-electron chi connectivity index (χ2n) is 7.05. The summed E-state index contributed by atoms with van der Waals surface area (Å²) in [6.07, 6.45) is 0. The molecule has 0 aliphatic carbocycles. The van der Waals surface area contributed by atoms with E-state index in [2.05, 4.69) is 16.0 Å². The Labute approximate surface area is 194 Å². The van der Waals surface area contributed by atoms with Crippen LogP contribution in [0.2, 0.25) is 5.02 Å². The molecule has 0 spiro atoms. The number of rotatable bonds is 4. The van der Waals surface area contributed by atoms with Gasteiger partial charge < -0.3 is 15.1 Å². The van der Waals surface area contributed by atoms with Crippen molar-refractivity contribution in [1.82, 2.24) is 5.32 Å². The van der Waals surface area contributed by atoms with E-state index in [1.165, 1.54) is 0 Å². The lowest BCUT2D eigenvalue weighted by atomic mass is 10.1. The number of hydrogen-bond donors (Lipinski definition) is 3. The minimum atomic E-state index is -0.342. The number of carbonyl (C=O) groups excluding carboxylic acids is 2. The Morgan fingerprint density at radius 1 is 0.906 bits per heavy atom. The molecule has 3 aromatic carbocycles. The Hall–Kier alpha value is -3.68. The summed E-state index contributed by atoms with van der Waals surface area (Å²) in [5.74, 6) is -0.444. The number of aryl methyl sites for hydroxylation is 1. The van der Waals surface area contributed by atoms with Crippen LogP contribution in [0.1, 0.15) is 26.5 Å². The highest BCUT2D eigenvalue weighted by atomic mass is 35.5. The number of anilines is 2.